The minimum absolute atomic E-state index is 0.00978. The highest BCUT2D eigenvalue weighted by Gasteiger charge is 2.31. The maximum Gasteiger partial charge on any atom is 0.305 e. The Bertz CT molecular complexity index is 1270. The van der Waals surface area contributed by atoms with Crippen molar-refractivity contribution in [3.05, 3.63) is 58.1 Å². The molecule has 0 unspecified atom stereocenters. The summed E-state index contributed by atoms with van der Waals surface area (Å²) in [6.45, 7) is 4.83. The Kier molecular flexibility index (Phi) is 9.31. The predicted molar refractivity (Wildman–Crippen MR) is 132 cm³/mol. The van der Waals surface area contributed by atoms with Crippen molar-refractivity contribution in [3.63, 3.8) is 0 Å². The number of carboxylic acid groups (broad SMARTS) is 1. The standard InChI is InChI=1S/C24H29N4O7S/c1-13-9-20(35-4)14(2)15(3)22(13)36(33,34)28-19(11-21(30)31)24(32)27-18(12-29)10-16-5-7-17(8-6-16)23(25)26/h5-9,18-19,28H,10-11H2,1-4H3,(H3,25,26)(H,27,32)(H,30,31)/t18-,19-/m0/s1. The summed E-state index contributed by atoms with van der Waals surface area (Å²) in [6.07, 6.45) is 0.832. The molecule has 11 nitrogen and oxygen atoms in total. The maximum absolute atomic E-state index is 13.2. The molecule has 0 saturated carbocycles. The molecule has 1 radical (unpaired) electrons. The first-order valence-electron chi connectivity index (χ1n) is 10.8. The summed E-state index contributed by atoms with van der Waals surface area (Å²) >= 11 is 0. The van der Waals surface area contributed by atoms with E-state index < -0.39 is 40.4 Å². The van der Waals surface area contributed by atoms with Crippen molar-refractivity contribution >= 4 is 34.0 Å². The Morgan fingerprint density at radius 3 is 2.28 bits per heavy atom. The molecule has 2 aromatic rings. The quantitative estimate of drug-likeness (QED) is 0.202. The van der Waals surface area contributed by atoms with Gasteiger partial charge in [0.05, 0.1) is 24.5 Å². The molecule has 6 N–H and O–H groups in total. The molecule has 36 heavy (non-hydrogen) atoms. The van der Waals surface area contributed by atoms with Crippen LogP contribution in [0.3, 0.4) is 0 Å². The molecule has 2 aromatic carbocycles. The monoisotopic (exact) mass is 517 g/mol. The van der Waals surface area contributed by atoms with Gasteiger partial charge in [0.1, 0.15) is 17.6 Å². The summed E-state index contributed by atoms with van der Waals surface area (Å²) in [7, 11) is -2.88. The first kappa shape index (κ1) is 28.5. The molecule has 0 saturated heterocycles. The Labute approximate surface area is 209 Å². The molecule has 0 heterocycles. The van der Waals surface area contributed by atoms with Crippen LogP contribution in [-0.4, -0.2) is 56.7 Å². The topological polar surface area (TPSA) is 189 Å². The first-order chi connectivity index (χ1) is 16.8. The highest BCUT2D eigenvalue weighted by Crippen LogP contribution is 2.30. The van der Waals surface area contributed by atoms with E-state index in [1.807, 2.05) is 0 Å². The summed E-state index contributed by atoms with van der Waals surface area (Å²) in [5, 5.41) is 19.1. The zero-order valence-electron chi connectivity index (χ0n) is 20.3. The zero-order chi connectivity index (χ0) is 27.2. The SMILES string of the molecule is COc1cc(C)c(S(=O)(=O)N[C@@H](CC(=O)O)C(=O)N[C@H]([C]=O)Cc2ccc(C(=N)N)cc2)c(C)c1C. The molecule has 0 aliphatic rings. The average molecular weight is 518 g/mol. The van der Waals surface area contributed by atoms with Gasteiger partial charge in [-0.2, -0.15) is 4.72 Å². The Hall–Kier alpha value is -3.77. The fourth-order valence-electron chi connectivity index (χ4n) is 3.71. The lowest BCUT2D eigenvalue weighted by molar-refractivity contribution is -0.139. The van der Waals surface area contributed by atoms with Crippen molar-refractivity contribution in [2.45, 2.75) is 50.6 Å². The van der Waals surface area contributed by atoms with Crippen molar-refractivity contribution in [2.24, 2.45) is 5.73 Å². The van der Waals surface area contributed by atoms with E-state index in [-0.39, 0.29) is 17.2 Å². The van der Waals surface area contributed by atoms with Crippen LogP contribution in [0.1, 0.15) is 34.2 Å². The highest BCUT2D eigenvalue weighted by atomic mass is 32.2. The number of sulfonamides is 1. The van der Waals surface area contributed by atoms with Gasteiger partial charge in [-0.1, -0.05) is 24.3 Å². The van der Waals surface area contributed by atoms with Gasteiger partial charge in [-0.25, -0.2) is 8.42 Å². The fraction of sp³-hybridized carbons (Fsp3) is 0.333. The molecule has 12 heteroatoms. The number of nitrogens with one attached hydrogen (secondary N) is 3. The number of nitrogens with two attached hydrogens (primary N) is 1. The van der Waals surface area contributed by atoms with Gasteiger partial charge >= 0.3 is 5.97 Å². The van der Waals surface area contributed by atoms with Crippen LogP contribution in [0, 0.1) is 26.2 Å². The number of amidine groups is 1. The van der Waals surface area contributed by atoms with Gasteiger partial charge in [0.15, 0.2) is 0 Å². The van der Waals surface area contributed by atoms with Crippen LogP contribution in [-0.2, 0) is 30.8 Å². The molecule has 2 atom stereocenters. The lowest BCUT2D eigenvalue weighted by Gasteiger charge is -2.22. The smallest absolute Gasteiger partial charge is 0.305 e. The van der Waals surface area contributed by atoms with Crippen LogP contribution in [0.5, 0.6) is 5.75 Å². The van der Waals surface area contributed by atoms with E-state index in [2.05, 4.69) is 10.0 Å². The Morgan fingerprint density at radius 2 is 1.78 bits per heavy atom. The van der Waals surface area contributed by atoms with Crippen molar-refractivity contribution in [3.8, 4) is 5.75 Å². The molecule has 193 valence electrons. The van der Waals surface area contributed by atoms with Gasteiger partial charge in [0.25, 0.3) is 0 Å². The lowest BCUT2D eigenvalue weighted by Crippen LogP contribution is -2.51. The first-order valence-corrected chi connectivity index (χ1v) is 12.3. The highest BCUT2D eigenvalue weighted by molar-refractivity contribution is 7.89. The summed E-state index contributed by atoms with van der Waals surface area (Å²) in [6, 6.07) is 5.05. The van der Waals surface area contributed by atoms with Gasteiger partial charge in [0, 0.05) is 12.0 Å². The number of aryl methyl sites for hydroxylation is 1. The Morgan fingerprint density at radius 1 is 1.17 bits per heavy atom. The number of benzene rings is 2. The van der Waals surface area contributed by atoms with E-state index in [4.69, 9.17) is 15.9 Å². The summed E-state index contributed by atoms with van der Waals surface area (Å²) < 4.78 is 33.9. The number of aliphatic carboxylic acids is 1. The second-order valence-electron chi connectivity index (χ2n) is 8.24. The van der Waals surface area contributed by atoms with Crippen LogP contribution < -0.4 is 20.5 Å². The number of hydrogen-bond acceptors (Lipinski definition) is 7. The van der Waals surface area contributed by atoms with E-state index in [1.54, 1.807) is 51.3 Å². The van der Waals surface area contributed by atoms with E-state index in [1.165, 1.54) is 13.2 Å². The summed E-state index contributed by atoms with van der Waals surface area (Å²) in [5.41, 5.74) is 7.83. The molecule has 1 amide bonds. The minimum Gasteiger partial charge on any atom is -0.496 e. The van der Waals surface area contributed by atoms with Gasteiger partial charge in [-0.15, -0.1) is 0 Å². The van der Waals surface area contributed by atoms with Crippen LogP contribution in [0.25, 0.3) is 0 Å². The van der Waals surface area contributed by atoms with Gasteiger partial charge in [-0.05, 0) is 49.1 Å². The third-order valence-corrected chi connectivity index (χ3v) is 7.38. The number of hydrogen-bond donors (Lipinski definition) is 5. The molecule has 0 aromatic heterocycles. The number of methoxy groups -OCH3 is 1. The molecular weight excluding hydrogens is 488 g/mol. The number of nitrogen functional groups attached to an aromatic ring is 1. The van der Waals surface area contributed by atoms with Crippen LogP contribution in [0.4, 0.5) is 0 Å². The van der Waals surface area contributed by atoms with Gasteiger partial charge in [0.2, 0.25) is 22.2 Å². The predicted octanol–water partition coefficient (Wildman–Crippen LogP) is 0.863. The third kappa shape index (κ3) is 6.89. The minimum atomic E-state index is -4.33. The molecule has 0 bridgehead atoms. The van der Waals surface area contributed by atoms with Crippen molar-refractivity contribution < 1.29 is 32.6 Å². The number of carbonyl (C=O) groups excluding carboxylic acids is 2. The normalized spacial score (nSPS) is 12.9. The van der Waals surface area contributed by atoms with E-state index >= 15 is 0 Å². The number of carbonyl (C=O) groups is 2. The van der Waals surface area contributed by atoms with E-state index in [0.717, 1.165) is 0 Å². The molecular formula is C24H29N4O7S. The summed E-state index contributed by atoms with van der Waals surface area (Å²) in [5.74, 6) is -2.04. The number of carboxylic acids is 1. The van der Waals surface area contributed by atoms with Gasteiger partial charge < -0.3 is 20.9 Å². The Balaban J connectivity index is 2.28. The number of amides is 1. The zero-order valence-corrected chi connectivity index (χ0v) is 21.2. The van der Waals surface area contributed by atoms with Crippen LogP contribution >= 0.6 is 0 Å². The lowest BCUT2D eigenvalue weighted by atomic mass is 10.0. The van der Waals surface area contributed by atoms with E-state index in [9.17, 15) is 27.9 Å². The third-order valence-electron chi connectivity index (χ3n) is 5.62. The van der Waals surface area contributed by atoms with Crippen LogP contribution in [0.15, 0.2) is 35.2 Å². The number of ether oxygens (including phenoxy) is 1. The molecule has 0 spiro atoms. The second kappa shape index (κ2) is 11.8. The average Bonchev–Trinajstić information content (AvgIpc) is 2.80. The maximum atomic E-state index is 13.2. The van der Waals surface area contributed by atoms with Crippen LogP contribution in [0.2, 0.25) is 0 Å². The second-order valence-corrected chi connectivity index (χ2v) is 9.89. The molecule has 0 aliphatic carbocycles. The van der Waals surface area contributed by atoms with Gasteiger partial charge in [-0.3, -0.25) is 19.8 Å². The number of rotatable bonds is 12. The molecule has 0 aliphatic heterocycles. The van der Waals surface area contributed by atoms with Crippen molar-refractivity contribution in [1.29, 1.82) is 5.41 Å². The largest absolute Gasteiger partial charge is 0.496 e. The molecule has 0 fully saturated rings. The van der Waals surface area contributed by atoms with Crippen molar-refractivity contribution in [2.75, 3.05) is 7.11 Å². The molecule has 2 rings (SSSR count). The van der Waals surface area contributed by atoms with Crippen molar-refractivity contribution in [1.82, 2.24) is 10.0 Å². The van der Waals surface area contributed by atoms with E-state index in [0.29, 0.717) is 33.6 Å². The summed E-state index contributed by atoms with van der Waals surface area (Å²) in [4.78, 5) is 35.7. The fourth-order valence-corrected chi connectivity index (χ4v) is 5.43.